The number of aliphatic hydroxyl groups excluding tert-OH is 7. The highest BCUT2D eigenvalue weighted by Gasteiger charge is 2.53. The van der Waals surface area contributed by atoms with Gasteiger partial charge in [0, 0.05) is 0 Å². The van der Waals surface area contributed by atoms with Crippen LogP contribution in [-0.4, -0.2) is 130 Å². The first kappa shape index (κ1) is 31.2. The first-order valence-corrected chi connectivity index (χ1v) is 13.8. The molecular formula is C12H25O20P3. The summed E-state index contributed by atoms with van der Waals surface area (Å²) in [6.07, 6.45) is -19.3. The summed E-state index contributed by atoms with van der Waals surface area (Å²) >= 11 is 0. The van der Waals surface area contributed by atoms with Crippen molar-refractivity contribution in [3.8, 4) is 0 Å². The minimum absolute atomic E-state index is 0.831. The number of phosphoric ester groups is 1. The van der Waals surface area contributed by atoms with Crippen LogP contribution in [0.5, 0.6) is 0 Å². The highest BCUT2D eigenvalue weighted by Crippen LogP contribution is 2.66. The number of hydrogen-bond donors (Lipinski definition) is 11. The third kappa shape index (κ3) is 8.25. The van der Waals surface area contributed by atoms with Crippen LogP contribution in [0.4, 0.5) is 0 Å². The molecule has 12 atom stereocenters. The zero-order valence-electron chi connectivity index (χ0n) is 17.1. The number of rotatable bonds is 10. The van der Waals surface area contributed by atoms with E-state index in [2.05, 4.69) is 13.1 Å². The predicted octanol–water partition coefficient (Wildman–Crippen LogP) is -5.05. The van der Waals surface area contributed by atoms with E-state index >= 15 is 0 Å². The summed E-state index contributed by atoms with van der Waals surface area (Å²) in [4.78, 5) is 35.8. The van der Waals surface area contributed by atoms with Crippen LogP contribution in [0, 0.1) is 0 Å². The van der Waals surface area contributed by atoms with Gasteiger partial charge in [0.1, 0.15) is 48.8 Å². The van der Waals surface area contributed by atoms with Crippen molar-refractivity contribution in [2.24, 2.45) is 0 Å². The van der Waals surface area contributed by atoms with Crippen LogP contribution in [0.3, 0.4) is 0 Å². The molecule has 2 aliphatic rings. The molecule has 20 nitrogen and oxygen atoms in total. The lowest BCUT2D eigenvalue weighted by molar-refractivity contribution is -0.353. The highest BCUT2D eigenvalue weighted by molar-refractivity contribution is 7.66. The van der Waals surface area contributed by atoms with Crippen molar-refractivity contribution in [3.05, 3.63) is 0 Å². The Morgan fingerprint density at radius 3 is 1.66 bits per heavy atom. The second-order valence-electron chi connectivity index (χ2n) is 7.20. The smallest absolute Gasteiger partial charge is 0.394 e. The van der Waals surface area contributed by atoms with E-state index in [9.17, 15) is 54.3 Å². The Morgan fingerprint density at radius 2 is 1.14 bits per heavy atom. The average molecular weight is 582 g/mol. The summed E-state index contributed by atoms with van der Waals surface area (Å²) in [6, 6.07) is 0. The van der Waals surface area contributed by atoms with E-state index in [0.29, 0.717) is 0 Å². The van der Waals surface area contributed by atoms with Crippen molar-refractivity contribution >= 4 is 23.5 Å². The maximum atomic E-state index is 12.0. The minimum atomic E-state index is -5.91. The Bertz CT molecular complexity index is 845. The first-order valence-electron chi connectivity index (χ1n) is 9.32. The van der Waals surface area contributed by atoms with Crippen LogP contribution in [0.2, 0.25) is 0 Å². The van der Waals surface area contributed by atoms with Gasteiger partial charge >= 0.3 is 23.5 Å². The van der Waals surface area contributed by atoms with Gasteiger partial charge in [0.2, 0.25) is 0 Å². The Hall–Kier alpha value is 0.0100. The molecule has 0 radical (unpaired) electrons. The fraction of sp³-hybridized carbons (Fsp3) is 1.00. The van der Waals surface area contributed by atoms with Gasteiger partial charge in [0.15, 0.2) is 12.6 Å². The van der Waals surface area contributed by atoms with Crippen molar-refractivity contribution in [2.75, 3.05) is 13.2 Å². The van der Waals surface area contributed by atoms with E-state index in [1.807, 2.05) is 0 Å². The van der Waals surface area contributed by atoms with E-state index in [1.54, 1.807) is 0 Å². The largest absolute Gasteiger partial charge is 0.490 e. The molecule has 0 spiro atoms. The monoisotopic (exact) mass is 582 g/mol. The van der Waals surface area contributed by atoms with Crippen molar-refractivity contribution in [1.29, 1.82) is 0 Å². The molecule has 0 aromatic rings. The maximum Gasteiger partial charge on any atom is 0.490 e. The second-order valence-corrected chi connectivity index (χ2v) is 11.6. The summed E-state index contributed by atoms with van der Waals surface area (Å²) in [7, 11) is -17.4. The van der Waals surface area contributed by atoms with Gasteiger partial charge in [-0.1, -0.05) is 0 Å². The molecule has 0 amide bonds. The topological polar surface area (TPSA) is 329 Å². The lowest BCUT2D eigenvalue weighted by Crippen LogP contribution is -2.64. The molecule has 0 saturated carbocycles. The van der Waals surface area contributed by atoms with Crippen molar-refractivity contribution in [3.63, 3.8) is 0 Å². The summed E-state index contributed by atoms with van der Waals surface area (Å²) in [6.45, 7) is -1.88. The normalized spacial score (nSPS) is 42.3. The third-order valence-corrected chi connectivity index (χ3v) is 8.41. The molecule has 2 aliphatic heterocycles. The molecule has 0 bridgehead atoms. The molecule has 2 fully saturated rings. The molecule has 2 heterocycles. The van der Waals surface area contributed by atoms with Gasteiger partial charge in [-0.3, -0.25) is 4.52 Å². The SMILES string of the molecule is O=P(O)(O)OP(=O)(O)OP(=O)(O)O[C@H]1O[C@H](CO)[C@@H](O[C@@H]2O[C@H](CO)[C@@H](O)[C@H](O)[C@H]2O)[C@H](O)[C@H]1O. The molecule has 0 aliphatic carbocycles. The lowest BCUT2D eigenvalue weighted by Gasteiger charge is -2.45. The second kappa shape index (κ2) is 11.8. The fourth-order valence-corrected chi connectivity index (χ4v) is 6.17. The van der Waals surface area contributed by atoms with Gasteiger partial charge < -0.3 is 69.5 Å². The van der Waals surface area contributed by atoms with Crippen LogP contribution < -0.4 is 0 Å². The Balaban J connectivity index is 2.13. The van der Waals surface area contributed by atoms with Crippen molar-refractivity contribution < 1.29 is 96.4 Å². The van der Waals surface area contributed by atoms with Gasteiger partial charge in [0.05, 0.1) is 13.2 Å². The quantitative estimate of drug-likeness (QED) is 0.107. The summed E-state index contributed by atoms with van der Waals surface area (Å²) in [5.74, 6) is 0. The number of aliphatic hydroxyl groups is 7. The van der Waals surface area contributed by atoms with E-state index < -0.39 is 98.1 Å². The van der Waals surface area contributed by atoms with Crippen molar-refractivity contribution in [2.45, 2.75) is 61.4 Å². The van der Waals surface area contributed by atoms with E-state index in [1.165, 1.54) is 0 Å². The molecule has 0 aromatic heterocycles. The molecule has 2 saturated heterocycles. The summed E-state index contributed by atoms with van der Waals surface area (Å²) < 4.78 is 60.6. The van der Waals surface area contributed by atoms with Gasteiger partial charge in [-0.2, -0.15) is 8.62 Å². The van der Waals surface area contributed by atoms with Gasteiger partial charge in [0.25, 0.3) is 0 Å². The molecule has 35 heavy (non-hydrogen) atoms. The van der Waals surface area contributed by atoms with Crippen LogP contribution >= 0.6 is 23.5 Å². The molecule has 2 unspecified atom stereocenters. The summed E-state index contributed by atoms with van der Waals surface area (Å²) in [5, 5.41) is 68.9. The van der Waals surface area contributed by atoms with Crippen molar-refractivity contribution in [1.82, 2.24) is 0 Å². The third-order valence-electron chi connectivity index (χ3n) is 4.61. The average Bonchev–Trinajstić information content (AvgIpc) is 2.70. The highest BCUT2D eigenvalue weighted by atomic mass is 31.3. The van der Waals surface area contributed by atoms with Crippen LogP contribution in [-0.2, 0) is 41.1 Å². The minimum Gasteiger partial charge on any atom is -0.394 e. The maximum absolute atomic E-state index is 12.0. The van der Waals surface area contributed by atoms with Gasteiger partial charge in [-0.15, -0.1) is 0 Å². The van der Waals surface area contributed by atoms with E-state index in [-0.39, 0.29) is 0 Å². The molecular weight excluding hydrogens is 557 g/mol. The Morgan fingerprint density at radius 1 is 0.629 bits per heavy atom. The molecule has 0 aromatic carbocycles. The predicted molar refractivity (Wildman–Crippen MR) is 101 cm³/mol. The lowest BCUT2D eigenvalue weighted by atomic mass is 9.97. The Kier molecular flexibility index (Phi) is 10.5. The van der Waals surface area contributed by atoms with Crippen LogP contribution in [0.25, 0.3) is 0 Å². The molecule has 2 rings (SSSR count). The van der Waals surface area contributed by atoms with E-state index in [0.717, 1.165) is 0 Å². The fourth-order valence-electron chi connectivity index (χ4n) is 3.07. The number of ether oxygens (including phenoxy) is 3. The molecule has 208 valence electrons. The van der Waals surface area contributed by atoms with Crippen LogP contribution in [0.1, 0.15) is 0 Å². The number of hydrogen-bond acceptors (Lipinski definition) is 16. The van der Waals surface area contributed by atoms with Crippen LogP contribution in [0.15, 0.2) is 0 Å². The van der Waals surface area contributed by atoms with Gasteiger partial charge in [-0.25, -0.2) is 13.7 Å². The van der Waals surface area contributed by atoms with E-state index in [4.69, 9.17) is 28.9 Å². The van der Waals surface area contributed by atoms with Gasteiger partial charge in [-0.05, 0) is 0 Å². The summed E-state index contributed by atoms with van der Waals surface area (Å²) in [5.41, 5.74) is 0. The zero-order chi connectivity index (χ0) is 26.9. The first-order chi connectivity index (χ1) is 15.9. The molecule has 11 N–H and O–H groups in total. The standard InChI is InChI=1S/C12H25O20P3/c13-1-3-5(15)6(16)8(18)11(27-3)29-10-4(2-14)28-12(9(19)7(10)17)30-34(23,24)32-35(25,26)31-33(20,21)22/h3-19H,1-2H2,(H,23,24)(H,25,26)(H2,20,21,22)/t3-,4-,5-,6+,7-,8-,9-,10-,11+,12-/m1/s1. The number of phosphoric acid groups is 3. The molecule has 23 heteroatoms. The Labute approximate surface area is 195 Å². The zero-order valence-corrected chi connectivity index (χ0v) is 19.8.